The van der Waals surface area contributed by atoms with Gasteiger partial charge in [-0.3, -0.25) is 9.36 Å². The highest BCUT2D eigenvalue weighted by Crippen LogP contribution is 2.25. The Morgan fingerprint density at radius 3 is 2.58 bits per heavy atom. The molecule has 0 radical (unpaired) electrons. The lowest BCUT2D eigenvalue weighted by Crippen LogP contribution is -2.23. The fourth-order valence-corrected chi connectivity index (χ4v) is 2.85. The number of aryl methyl sites for hydroxylation is 2. The van der Waals surface area contributed by atoms with Crippen molar-refractivity contribution in [3.63, 3.8) is 0 Å². The van der Waals surface area contributed by atoms with Gasteiger partial charge in [-0.15, -0.1) is 0 Å². The second-order valence-electron chi connectivity index (χ2n) is 6.09. The molecule has 0 atom stereocenters. The van der Waals surface area contributed by atoms with Crippen LogP contribution < -0.4 is 10.3 Å². The van der Waals surface area contributed by atoms with Gasteiger partial charge < -0.3 is 9.47 Å². The first-order valence-electron chi connectivity index (χ1n) is 8.48. The quantitative estimate of drug-likeness (QED) is 0.592. The summed E-state index contributed by atoms with van der Waals surface area (Å²) in [5.74, 6) is 0.781. The number of hydrogen-bond acceptors (Lipinski definition) is 4. The highest BCUT2D eigenvalue weighted by molar-refractivity contribution is 6.32. The topological polar surface area (TPSA) is 53.4 Å². The third kappa shape index (κ3) is 4.23. The van der Waals surface area contributed by atoms with Crippen LogP contribution in [0.1, 0.15) is 11.1 Å². The number of rotatable bonds is 7. The monoisotopic (exact) mass is 372 g/mol. The van der Waals surface area contributed by atoms with Crippen LogP contribution in [0.5, 0.6) is 5.75 Å². The van der Waals surface area contributed by atoms with Gasteiger partial charge in [-0.25, -0.2) is 4.98 Å². The third-order valence-corrected chi connectivity index (χ3v) is 4.71. The van der Waals surface area contributed by atoms with Gasteiger partial charge in [0.2, 0.25) is 0 Å². The van der Waals surface area contributed by atoms with Gasteiger partial charge in [-0.05, 0) is 49.2 Å². The van der Waals surface area contributed by atoms with E-state index in [1.807, 2.05) is 44.2 Å². The maximum Gasteiger partial charge on any atom is 0.261 e. The second-order valence-corrected chi connectivity index (χ2v) is 6.47. The van der Waals surface area contributed by atoms with Crippen molar-refractivity contribution in [1.82, 2.24) is 9.55 Å². The molecule has 0 N–H and O–H groups in total. The van der Waals surface area contributed by atoms with Gasteiger partial charge in [0.25, 0.3) is 5.56 Å². The molecule has 136 valence electrons. The Hall–Kier alpha value is -2.37. The minimum absolute atomic E-state index is 0.0532. The van der Waals surface area contributed by atoms with Crippen molar-refractivity contribution in [1.29, 1.82) is 0 Å². The van der Waals surface area contributed by atoms with Crippen LogP contribution >= 0.6 is 11.6 Å². The number of aromatic nitrogens is 2. The Labute approximate surface area is 157 Å². The second kappa shape index (κ2) is 8.34. The van der Waals surface area contributed by atoms with Crippen LogP contribution in [0, 0.1) is 13.8 Å². The molecule has 0 spiro atoms. The van der Waals surface area contributed by atoms with Crippen molar-refractivity contribution in [2.45, 2.75) is 20.4 Å². The third-order valence-electron chi connectivity index (χ3n) is 4.11. The van der Waals surface area contributed by atoms with E-state index in [2.05, 4.69) is 4.98 Å². The lowest BCUT2D eigenvalue weighted by atomic mass is 10.1. The maximum atomic E-state index is 12.4. The van der Waals surface area contributed by atoms with Gasteiger partial charge in [0, 0.05) is 5.02 Å². The first-order chi connectivity index (χ1) is 12.6. The summed E-state index contributed by atoms with van der Waals surface area (Å²) < 4.78 is 12.8. The molecule has 2 aromatic carbocycles. The molecular weight excluding hydrogens is 352 g/mol. The number of benzene rings is 2. The maximum absolute atomic E-state index is 12.4. The van der Waals surface area contributed by atoms with Gasteiger partial charge in [0.1, 0.15) is 12.4 Å². The molecule has 0 unspecified atom stereocenters. The molecule has 0 aliphatic rings. The SMILES string of the molecule is Cc1cc(OCCOCCn2cnc3ccccc3c2=O)cc(C)c1Cl. The van der Waals surface area contributed by atoms with Crippen molar-refractivity contribution >= 4 is 22.5 Å². The lowest BCUT2D eigenvalue weighted by molar-refractivity contribution is 0.0938. The van der Waals surface area contributed by atoms with E-state index < -0.39 is 0 Å². The van der Waals surface area contributed by atoms with E-state index in [1.165, 1.54) is 0 Å². The Bertz CT molecular complexity index is 946. The summed E-state index contributed by atoms with van der Waals surface area (Å²) in [6, 6.07) is 11.1. The van der Waals surface area contributed by atoms with Crippen molar-refractivity contribution in [2.24, 2.45) is 0 Å². The van der Waals surface area contributed by atoms with Gasteiger partial charge >= 0.3 is 0 Å². The summed E-state index contributed by atoms with van der Waals surface area (Å²) in [5, 5.41) is 1.38. The number of ether oxygens (including phenoxy) is 2. The average Bonchev–Trinajstić information content (AvgIpc) is 2.64. The van der Waals surface area contributed by atoms with E-state index in [1.54, 1.807) is 17.0 Å². The molecule has 0 fully saturated rings. The standard InChI is InChI=1S/C20H21ClN2O3/c1-14-11-16(12-15(2)19(14)21)26-10-9-25-8-7-23-13-22-18-6-4-3-5-17(18)20(23)24/h3-6,11-13H,7-10H2,1-2H3. The van der Waals surface area contributed by atoms with Crippen LogP contribution in [0.4, 0.5) is 0 Å². The fraction of sp³-hybridized carbons (Fsp3) is 0.300. The molecule has 0 bridgehead atoms. The molecule has 0 aliphatic carbocycles. The van der Waals surface area contributed by atoms with Crippen LogP contribution in [0.25, 0.3) is 10.9 Å². The number of hydrogen-bond donors (Lipinski definition) is 0. The smallest absolute Gasteiger partial charge is 0.261 e. The predicted molar refractivity (Wildman–Crippen MR) is 103 cm³/mol. The summed E-state index contributed by atoms with van der Waals surface area (Å²) >= 11 is 6.15. The number of para-hydroxylation sites is 1. The van der Waals surface area contributed by atoms with E-state index in [-0.39, 0.29) is 5.56 Å². The Morgan fingerprint density at radius 1 is 1.08 bits per heavy atom. The van der Waals surface area contributed by atoms with Crippen LogP contribution in [0.15, 0.2) is 47.5 Å². The summed E-state index contributed by atoms with van der Waals surface area (Å²) in [6.45, 7) is 5.65. The molecule has 6 heteroatoms. The molecule has 1 aromatic heterocycles. The van der Waals surface area contributed by atoms with Crippen LogP contribution in [0.2, 0.25) is 5.02 Å². The van der Waals surface area contributed by atoms with Crippen molar-refractivity contribution in [2.75, 3.05) is 19.8 Å². The van der Waals surface area contributed by atoms with E-state index in [9.17, 15) is 4.79 Å². The molecule has 0 amide bonds. The van der Waals surface area contributed by atoms with Gasteiger partial charge in [-0.2, -0.15) is 0 Å². The Kier molecular flexibility index (Phi) is 5.91. The highest BCUT2D eigenvalue weighted by atomic mass is 35.5. The van der Waals surface area contributed by atoms with Crippen molar-refractivity contribution < 1.29 is 9.47 Å². The molecule has 0 saturated carbocycles. The fourth-order valence-electron chi connectivity index (χ4n) is 2.74. The minimum Gasteiger partial charge on any atom is -0.491 e. The zero-order valence-electron chi connectivity index (χ0n) is 14.9. The van der Waals surface area contributed by atoms with E-state index in [4.69, 9.17) is 21.1 Å². The molecule has 0 aliphatic heterocycles. The van der Waals surface area contributed by atoms with E-state index in [0.29, 0.717) is 37.3 Å². The molecule has 5 nitrogen and oxygen atoms in total. The first-order valence-corrected chi connectivity index (χ1v) is 8.85. The van der Waals surface area contributed by atoms with Crippen molar-refractivity contribution in [3.8, 4) is 5.75 Å². The zero-order chi connectivity index (χ0) is 18.5. The minimum atomic E-state index is -0.0532. The highest BCUT2D eigenvalue weighted by Gasteiger charge is 2.04. The molecule has 1 heterocycles. The molecule has 3 rings (SSSR count). The number of fused-ring (bicyclic) bond motifs is 1. The number of nitrogens with zero attached hydrogens (tertiary/aromatic N) is 2. The zero-order valence-corrected chi connectivity index (χ0v) is 15.6. The number of halogens is 1. The summed E-state index contributed by atoms with van der Waals surface area (Å²) in [5.41, 5.74) is 2.63. The predicted octanol–water partition coefficient (Wildman–Crippen LogP) is 3.76. The summed E-state index contributed by atoms with van der Waals surface area (Å²) in [7, 11) is 0. The molecule has 0 saturated heterocycles. The normalized spacial score (nSPS) is 11.0. The Morgan fingerprint density at radius 2 is 1.81 bits per heavy atom. The van der Waals surface area contributed by atoms with Crippen LogP contribution in [-0.2, 0) is 11.3 Å². The van der Waals surface area contributed by atoms with Gasteiger partial charge in [-0.1, -0.05) is 23.7 Å². The largest absolute Gasteiger partial charge is 0.491 e. The summed E-state index contributed by atoms with van der Waals surface area (Å²) in [6.07, 6.45) is 1.56. The van der Waals surface area contributed by atoms with Crippen LogP contribution in [0.3, 0.4) is 0 Å². The van der Waals surface area contributed by atoms with Gasteiger partial charge in [0.15, 0.2) is 0 Å². The molecule has 26 heavy (non-hydrogen) atoms. The molecule has 3 aromatic rings. The van der Waals surface area contributed by atoms with E-state index >= 15 is 0 Å². The van der Waals surface area contributed by atoms with Crippen LogP contribution in [-0.4, -0.2) is 29.4 Å². The molecular formula is C20H21ClN2O3. The lowest BCUT2D eigenvalue weighted by Gasteiger charge is -2.11. The Balaban J connectivity index is 1.46. The van der Waals surface area contributed by atoms with E-state index in [0.717, 1.165) is 21.9 Å². The van der Waals surface area contributed by atoms with Crippen molar-refractivity contribution in [3.05, 3.63) is 69.2 Å². The first kappa shape index (κ1) is 18.4. The van der Waals surface area contributed by atoms with Gasteiger partial charge in [0.05, 0.1) is 37.0 Å². The average molecular weight is 373 g/mol. The summed E-state index contributed by atoms with van der Waals surface area (Å²) in [4.78, 5) is 16.6.